The number of amides is 1. The van der Waals surface area contributed by atoms with Gasteiger partial charge in [-0.3, -0.25) is 4.79 Å². The molecule has 5 nitrogen and oxygen atoms in total. The second-order valence-electron chi connectivity index (χ2n) is 5.34. The van der Waals surface area contributed by atoms with Crippen molar-refractivity contribution in [3.63, 3.8) is 0 Å². The number of aromatic nitrogens is 2. The van der Waals surface area contributed by atoms with Gasteiger partial charge in [0.25, 0.3) is 0 Å². The Morgan fingerprint density at radius 3 is 2.71 bits per heavy atom. The minimum absolute atomic E-state index is 0.105. The summed E-state index contributed by atoms with van der Waals surface area (Å²) in [5.74, 6) is 0.848. The van der Waals surface area contributed by atoms with Crippen molar-refractivity contribution in [2.24, 2.45) is 18.2 Å². The van der Waals surface area contributed by atoms with E-state index in [2.05, 4.69) is 10.3 Å². The van der Waals surface area contributed by atoms with Gasteiger partial charge in [0.2, 0.25) is 5.91 Å². The van der Waals surface area contributed by atoms with E-state index in [1.807, 2.05) is 38.6 Å². The highest BCUT2D eigenvalue weighted by atomic mass is 16.2. The van der Waals surface area contributed by atoms with Crippen LogP contribution in [0, 0.1) is 5.41 Å². The van der Waals surface area contributed by atoms with Crippen LogP contribution in [0.3, 0.4) is 0 Å². The molecule has 3 N–H and O–H groups in total. The topological polar surface area (TPSA) is 72.9 Å². The zero-order valence-corrected chi connectivity index (χ0v) is 11.0. The number of rotatable bonds is 4. The fourth-order valence-corrected chi connectivity index (χ4v) is 1.44. The molecule has 1 rings (SSSR count). The lowest BCUT2D eigenvalue weighted by Gasteiger charge is -2.25. The molecule has 0 saturated carbocycles. The third-order valence-corrected chi connectivity index (χ3v) is 2.78. The van der Waals surface area contributed by atoms with E-state index in [0.717, 1.165) is 5.82 Å². The number of nitrogens with two attached hydrogens (primary N) is 1. The van der Waals surface area contributed by atoms with Crippen molar-refractivity contribution < 1.29 is 4.79 Å². The Morgan fingerprint density at radius 1 is 1.59 bits per heavy atom. The minimum atomic E-state index is -0.483. The number of hydrogen-bond donors (Lipinski definition) is 2. The third kappa shape index (κ3) is 3.85. The zero-order valence-electron chi connectivity index (χ0n) is 11.0. The van der Waals surface area contributed by atoms with Crippen LogP contribution in [0.1, 0.15) is 26.6 Å². The van der Waals surface area contributed by atoms with Gasteiger partial charge in [-0.2, -0.15) is 0 Å². The molecule has 0 spiro atoms. The van der Waals surface area contributed by atoms with Crippen LogP contribution in [-0.2, 0) is 18.3 Å². The fraction of sp³-hybridized carbons (Fsp3) is 0.667. The van der Waals surface area contributed by atoms with Gasteiger partial charge in [0.1, 0.15) is 5.82 Å². The number of carbonyl (C=O) groups excluding carboxylic acids is 1. The lowest BCUT2D eigenvalue weighted by atomic mass is 9.87. The Balaban J connectivity index is 2.37. The van der Waals surface area contributed by atoms with Crippen molar-refractivity contribution in [3.05, 3.63) is 18.2 Å². The van der Waals surface area contributed by atoms with Crippen molar-refractivity contribution >= 4 is 5.91 Å². The molecular weight excluding hydrogens is 216 g/mol. The molecule has 0 aliphatic rings. The van der Waals surface area contributed by atoms with Crippen molar-refractivity contribution in [3.8, 4) is 0 Å². The molecule has 0 fully saturated rings. The van der Waals surface area contributed by atoms with Crippen LogP contribution in [0.2, 0.25) is 0 Å². The van der Waals surface area contributed by atoms with Gasteiger partial charge in [-0.25, -0.2) is 4.98 Å². The summed E-state index contributed by atoms with van der Waals surface area (Å²) in [4.78, 5) is 15.9. The van der Waals surface area contributed by atoms with Crippen LogP contribution in [0.25, 0.3) is 0 Å². The van der Waals surface area contributed by atoms with Gasteiger partial charge < -0.3 is 15.6 Å². The molecule has 96 valence electrons. The first-order chi connectivity index (χ1) is 7.82. The quantitative estimate of drug-likeness (QED) is 0.800. The number of nitrogens with one attached hydrogen (secondary N) is 1. The van der Waals surface area contributed by atoms with Crippen molar-refractivity contribution in [2.45, 2.75) is 33.2 Å². The first-order valence-electron chi connectivity index (χ1n) is 5.82. The SMILES string of the molecule is Cn1ccnc1CCNC(=O)[C@H](N)C(C)(C)C. The summed E-state index contributed by atoms with van der Waals surface area (Å²) in [6.45, 7) is 6.43. The van der Waals surface area contributed by atoms with Crippen LogP contribution in [0.4, 0.5) is 0 Å². The Bertz CT molecular complexity index is 378. The van der Waals surface area contributed by atoms with E-state index >= 15 is 0 Å². The molecule has 0 aliphatic carbocycles. The molecule has 0 saturated heterocycles. The average Bonchev–Trinajstić information content (AvgIpc) is 2.62. The number of aryl methyl sites for hydroxylation is 1. The summed E-state index contributed by atoms with van der Waals surface area (Å²) in [5, 5.41) is 2.84. The maximum absolute atomic E-state index is 11.7. The smallest absolute Gasteiger partial charge is 0.237 e. The number of carbonyl (C=O) groups is 1. The Morgan fingerprint density at radius 2 is 2.24 bits per heavy atom. The molecular formula is C12H22N4O. The van der Waals surface area contributed by atoms with Gasteiger partial charge in [-0.15, -0.1) is 0 Å². The molecule has 1 heterocycles. The lowest BCUT2D eigenvalue weighted by molar-refractivity contribution is -0.124. The monoisotopic (exact) mass is 238 g/mol. The highest BCUT2D eigenvalue weighted by molar-refractivity contribution is 5.82. The van der Waals surface area contributed by atoms with Gasteiger partial charge in [0, 0.05) is 32.4 Å². The summed E-state index contributed by atoms with van der Waals surface area (Å²) >= 11 is 0. The van der Waals surface area contributed by atoms with Crippen LogP contribution in [0.15, 0.2) is 12.4 Å². The number of imidazole rings is 1. The second-order valence-corrected chi connectivity index (χ2v) is 5.34. The number of hydrogen-bond acceptors (Lipinski definition) is 3. The van der Waals surface area contributed by atoms with E-state index < -0.39 is 6.04 Å². The molecule has 1 aromatic rings. The minimum Gasteiger partial charge on any atom is -0.354 e. The van der Waals surface area contributed by atoms with E-state index in [4.69, 9.17) is 5.73 Å². The predicted octanol–water partition coefficient (Wildman–Crippen LogP) is 0.452. The maximum atomic E-state index is 11.7. The zero-order chi connectivity index (χ0) is 13.1. The molecule has 1 atom stereocenters. The first kappa shape index (κ1) is 13.7. The molecule has 17 heavy (non-hydrogen) atoms. The normalized spacial score (nSPS) is 13.5. The van der Waals surface area contributed by atoms with Gasteiger partial charge >= 0.3 is 0 Å². The summed E-state index contributed by atoms with van der Waals surface area (Å²) in [6.07, 6.45) is 4.35. The van der Waals surface area contributed by atoms with Gasteiger partial charge in [0.05, 0.1) is 6.04 Å². The molecule has 0 aliphatic heterocycles. The summed E-state index contributed by atoms with van der Waals surface area (Å²) in [7, 11) is 1.94. The van der Waals surface area contributed by atoms with E-state index in [1.165, 1.54) is 0 Å². The molecule has 5 heteroatoms. The lowest BCUT2D eigenvalue weighted by Crippen LogP contribution is -2.49. The summed E-state index contributed by atoms with van der Waals surface area (Å²) in [6, 6.07) is -0.483. The van der Waals surface area contributed by atoms with Crippen LogP contribution < -0.4 is 11.1 Å². The van der Waals surface area contributed by atoms with Crippen molar-refractivity contribution in [1.82, 2.24) is 14.9 Å². The largest absolute Gasteiger partial charge is 0.354 e. The first-order valence-corrected chi connectivity index (χ1v) is 5.82. The van der Waals surface area contributed by atoms with Crippen molar-refractivity contribution in [1.29, 1.82) is 0 Å². The van der Waals surface area contributed by atoms with Gasteiger partial charge in [0.15, 0.2) is 0 Å². The Labute approximate surface area is 102 Å². The van der Waals surface area contributed by atoms with Crippen LogP contribution in [-0.4, -0.2) is 28.0 Å². The van der Waals surface area contributed by atoms with Crippen LogP contribution in [0.5, 0.6) is 0 Å². The van der Waals surface area contributed by atoms with E-state index in [9.17, 15) is 4.79 Å². The highest BCUT2D eigenvalue weighted by Gasteiger charge is 2.26. The molecule has 1 amide bonds. The average molecular weight is 238 g/mol. The number of nitrogens with zero attached hydrogens (tertiary/aromatic N) is 2. The van der Waals surface area contributed by atoms with E-state index in [-0.39, 0.29) is 11.3 Å². The predicted molar refractivity (Wildman–Crippen MR) is 67.4 cm³/mol. The fourth-order valence-electron chi connectivity index (χ4n) is 1.44. The van der Waals surface area contributed by atoms with Crippen molar-refractivity contribution in [2.75, 3.05) is 6.54 Å². The van der Waals surface area contributed by atoms with Gasteiger partial charge in [-0.05, 0) is 5.41 Å². The summed E-state index contributed by atoms with van der Waals surface area (Å²) < 4.78 is 1.94. The Hall–Kier alpha value is -1.36. The summed E-state index contributed by atoms with van der Waals surface area (Å²) in [5.41, 5.74) is 5.64. The maximum Gasteiger partial charge on any atom is 0.237 e. The molecule has 1 aromatic heterocycles. The Kier molecular flexibility index (Phi) is 4.28. The molecule has 0 radical (unpaired) electrons. The van der Waals surface area contributed by atoms with E-state index in [0.29, 0.717) is 13.0 Å². The standard InChI is InChI=1S/C12H22N4O/c1-12(2,3)10(13)11(17)15-6-5-9-14-7-8-16(9)4/h7-8,10H,5-6,13H2,1-4H3,(H,15,17)/t10-/m0/s1. The van der Waals surface area contributed by atoms with Gasteiger partial charge in [-0.1, -0.05) is 20.8 Å². The third-order valence-electron chi connectivity index (χ3n) is 2.78. The van der Waals surface area contributed by atoms with E-state index in [1.54, 1.807) is 6.20 Å². The molecule has 0 bridgehead atoms. The highest BCUT2D eigenvalue weighted by Crippen LogP contribution is 2.16. The second kappa shape index (κ2) is 5.31. The molecule has 0 aromatic carbocycles. The van der Waals surface area contributed by atoms with Crippen LogP contribution >= 0.6 is 0 Å². The molecule has 0 unspecified atom stereocenters.